The van der Waals surface area contributed by atoms with Crippen molar-refractivity contribution in [1.29, 1.82) is 0 Å². The van der Waals surface area contributed by atoms with Gasteiger partial charge in [-0.05, 0) is 107 Å². The van der Waals surface area contributed by atoms with Gasteiger partial charge in [-0.25, -0.2) is 23.2 Å². The van der Waals surface area contributed by atoms with Crippen molar-refractivity contribution < 1.29 is 66.3 Å². The summed E-state index contributed by atoms with van der Waals surface area (Å²) in [6.45, 7) is 11.2. The number of piperazine rings is 2. The Bertz CT molecular complexity index is 4030. The van der Waals surface area contributed by atoms with Crippen LogP contribution in [0.15, 0.2) is 71.5 Å². The van der Waals surface area contributed by atoms with Crippen LogP contribution in [-0.4, -0.2) is 142 Å². The first-order valence-electron chi connectivity index (χ1n) is 30.7. The zero-order valence-electron chi connectivity index (χ0n) is 50.4. The van der Waals surface area contributed by atoms with Gasteiger partial charge in [-0.2, -0.15) is 0 Å². The molecule has 23 heteroatoms. The lowest BCUT2D eigenvalue weighted by molar-refractivity contribution is -0.183. The summed E-state index contributed by atoms with van der Waals surface area (Å²) in [6.07, 6.45) is 11.8. The molecule has 2 aromatic carbocycles. The fourth-order valence-electron chi connectivity index (χ4n) is 16.8. The molecule has 21 nitrogen and oxygen atoms in total. The number of anilines is 2. The number of carboxylic acid groups (broad SMARTS) is 1. The molecule has 3 aromatic heterocycles. The Hall–Kier alpha value is -7.47. The number of ether oxygens (including phenoxy) is 3. The highest BCUT2D eigenvalue weighted by Gasteiger charge is 2.70. The molecule has 7 fully saturated rings. The number of fused-ring (bicyclic) bond motifs is 7. The highest BCUT2D eigenvalue weighted by molar-refractivity contribution is 6.02. The summed E-state index contributed by atoms with van der Waals surface area (Å²) in [4.78, 5) is 101. The van der Waals surface area contributed by atoms with Gasteiger partial charge < -0.3 is 57.3 Å². The van der Waals surface area contributed by atoms with E-state index >= 15 is 8.78 Å². The van der Waals surface area contributed by atoms with Crippen LogP contribution in [0.3, 0.4) is 0 Å². The van der Waals surface area contributed by atoms with Crippen LogP contribution in [0, 0.1) is 46.1 Å². The lowest BCUT2D eigenvalue weighted by Gasteiger charge is -2.59. The first-order valence-corrected chi connectivity index (χ1v) is 30.7. The molecule has 8 aliphatic rings. The van der Waals surface area contributed by atoms with Crippen molar-refractivity contribution in [3.05, 3.63) is 114 Å². The maximum atomic E-state index is 16.9. The molecule has 2 saturated heterocycles. The topological polar surface area (TPSA) is 257 Å². The van der Waals surface area contributed by atoms with Gasteiger partial charge in [0.05, 0.1) is 55.2 Å². The maximum Gasteiger partial charge on any atom is 0.519 e. The Kier molecular flexibility index (Phi) is 14.6. The zero-order chi connectivity index (χ0) is 62.4. The van der Waals surface area contributed by atoms with Crippen molar-refractivity contribution in [1.82, 2.24) is 18.9 Å². The number of hydrogen-bond donors (Lipinski definition) is 3. The Morgan fingerprint density at radius 3 is 1.77 bits per heavy atom. The van der Waals surface area contributed by atoms with E-state index in [4.69, 9.17) is 23.0 Å². The zero-order valence-corrected chi connectivity index (χ0v) is 50.4. The lowest BCUT2D eigenvalue weighted by Crippen LogP contribution is -2.62. The molecule has 0 radical (unpaired) electrons. The van der Waals surface area contributed by atoms with Crippen LogP contribution >= 0.6 is 0 Å². The monoisotopic (exact) mass is 1220 g/mol. The first kappa shape index (κ1) is 59.5. The number of rotatable bonds is 15. The SMILES string of the molecule is COc1c(N2CCN(Cc3oc(=O)oc3CN3CCN(c4c(F)cc5c(=O)c(C(=O)OCC(=O)[C@@]6(O)[C@H](C)CC7C8CCC9=CC(=O)C=C[C@]9(C)C8[C@@H](O)C[C@@]76C)cn(C6CC6)c5c4OC)CC3C)C(C)C2)c(F)cc2c(=O)c(C(=O)O)cn(C3CC3)c12. The second kappa shape index (κ2) is 21.6. The molecule has 88 heavy (non-hydrogen) atoms. The summed E-state index contributed by atoms with van der Waals surface area (Å²) >= 11 is 0. The Morgan fingerprint density at radius 1 is 0.750 bits per heavy atom. The molecular formula is C65H74F2N6O15. The maximum absolute atomic E-state index is 16.9. The second-order valence-corrected chi connectivity index (χ2v) is 26.5. The second-order valence-electron chi connectivity index (χ2n) is 26.5. The number of methoxy groups -OCH3 is 2. The van der Waals surface area contributed by atoms with Crippen molar-refractivity contribution in [3.63, 3.8) is 0 Å². The van der Waals surface area contributed by atoms with Crippen molar-refractivity contribution in [2.75, 3.05) is 69.9 Å². The van der Waals surface area contributed by atoms with Gasteiger partial charge >= 0.3 is 17.8 Å². The number of halogens is 2. The number of aromatic nitrogens is 2. The summed E-state index contributed by atoms with van der Waals surface area (Å²) in [5, 5.41) is 34.2. The summed E-state index contributed by atoms with van der Waals surface area (Å²) in [5.41, 5.74) is -4.15. The summed E-state index contributed by atoms with van der Waals surface area (Å²) in [5.74, 6) is -5.76. The number of carbonyl (C=O) groups is 4. The number of aliphatic hydroxyl groups is 2. The first-order chi connectivity index (χ1) is 41.9. The molecule has 5 aromatic rings. The minimum Gasteiger partial charge on any atom is -0.492 e. The normalized spacial score (nSPS) is 29.9. The van der Waals surface area contributed by atoms with E-state index in [9.17, 15) is 48.9 Å². The quantitative estimate of drug-likeness (QED) is 0.0898. The minimum atomic E-state index is -1.98. The van der Waals surface area contributed by atoms with E-state index in [0.717, 1.165) is 30.5 Å². The highest BCUT2D eigenvalue weighted by atomic mass is 19.1. The Morgan fingerprint density at radius 2 is 1.27 bits per heavy atom. The van der Waals surface area contributed by atoms with E-state index in [1.54, 1.807) is 28.2 Å². The van der Waals surface area contributed by atoms with E-state index in [2.05, 4.69) is 16.7 Å². The van der Waals surface area contributed by atoms with Gasteiger partial charge in [0.25, 0.3) is 0 Å². The summed E-state index contributed by atoms with van der Waals surface area (Å²) in [6, 6.07) is 1.51. The Labute approximate surface area is 504 Å². The number of carbonyl (C=O) groups excluding carboxylic acids is 3. The number of aliphatic hydroxyl groups excluding tert-OH is 1. The molecule has 6 aliphatic carbocycles. The van der Waals surface area contributed by atoms with Gasteiger partial charge in [-0.15, -0.1) is 0 Å². The van der Waals surface area contributed by atoms with Crippen LogP contribution in [0.4, 0.5) is 20.2 Å². The third-order valence-electron chi connectivity index (χ3n) is 21.6. The minimum absolute atomic E-state index is 0.0553. The molecule has 0 spiro atoms. The number of aromatic carboxylic acids is 1. The number of benzene rings is 2. The van der Waals surface area contributed by atoms with Crippen LogP contribution in [0.25, 0.3) is 21.8 Å². The average Bonchev–Trinajstić information content (AvgIpc) is 1.45. The number of pyridine rings is 2. The largest absolute Gasteiger partial charge is 0.519 e. The van der Waals surface area contributed by atoms with Gasteiger partial charge in [0.15, 0.2) is 47.0 Å². The van der Waals surface area contributed by atoms with E-state index in [0.29, 0.717) is 87.4 Å². The van der Waals surface area contributed by atoms with E-state index in [1.807, 2.05) is 36.6 Å². The molecule has 0 amide bonds. The molecule has 468 valence electrons. The fraction of sp³-hybridized carbons (Fsp3) is 0.554. The third-order valence-corrected chi connectivity index (χ3v) is 21.6. The van der Waals surface area contributed by atoms with Crippen LogP contribution in [0.5, 0.6) is 11.5 Å². The van der Waals surface area contributed by atoms with Crippen molar-refractivity contribution >= 4 is 56.7 Å². The molecule has 10 atom stereocenters. The van der Waals surface area contributed by atoms with Gasteiger partial charge in [0.1, 0.15) is 28.1 Å². The summed E-state index contributed by atoms with van der Waals surface area (Å²) in [7, 11) is 2.79. The molecule has 5 unspecified atom stereocenters. The standard InChI is InChI=1S/C65H74F2N6O15/c1-32-20-44-39-13-8-35-21-38(74)14-15-63(35,4)51(39)47(75)24-64(44,5)65(32,83)50(76)31-86-61(81)43-28-73(37-11-12-37)53-41(57(43)78)23-46(67)55(59(53)85-7)71-19-17-69(34(3)26-71)30-49-48(87-62(82)88-49)29-68-16-18-70(25-33(68)2)54-45(66)22-40-52(58(54)84-6)72(36-9-10-36)27-42(56(40)77)60(79)80/h14-15,21-23,27-28,32-34,36-37,39,44,47,51,75,83H,8-13,16-20,24-26,29-31H2,1-7H3,(H,79,80)/t32-,33?,34?,39?,44?,47+,51?,63+,64+,65+/m1/s1. The molecule has 5 saturated carbocycles. The predicted molar refractivity (Wildman–Crippen MR) is 317 cm³/mol. The molecule has 5 heterocycles. The highest BCUT2D eigenvalue weighted by Crippen LogP contribution is 2.68. The number of allylic oxidation sites excluding steroid dienone is 4. The molecule has 0 bridgehead atoms. The average molecular weight is 1220 g/mol. The summed E-state index contributed by atoms with van der Waals surface area (Å²) < 4.78 is 65.5. The van der Waals surface area contributed by atoms with Crippen molar-refractivity contribution in [3.8, 4) is 11.5 Å². The molecular weight excluding hydrogens is 1140 g/mol. The van der Waals surface area contributed by atoms with Crippen LogP contribution in [-0.2, 0) is 27.4 Å². The van der Waals surface area contributed by atoms with Gasteiger partial charge in [-0.3, -0.25) is 29.0 Å². The van der Waals surface area contributed by atoms with Crippen molar-refractivity contribution in [2.24, 2.45) is 34.5 Å². The van der Waals surface area contributed by atoms with Crippen LogP contribution in [0.1, 0.15) is 130 Å². The van der Waals surface area contributed by atoms with E-state index in [-0.39, 0.29) is 107 Å². The predicted octanol–water partition coefficient (Wildman–Crippen LogP) is 6.93. The third kappa shape index (κ3) is 9.36. The van der Waals surface area contributed by atoms with Crippen LogP contribution in [0.2, 0.25) is 0 Å². The van der Waals surface area contributed by atoms with Crippen LogP contribution < -0.4 is 36.0 Å². The number of ketones is 2. The number of nitrogens with zero attached hydrogens (tertiary/aromatic N) is 6. The number of carboxylic acids is 1. The van der Waals surface area contributed by atoms with Crippen molar-refractivity contribution in [2.45, 2.75) is 135 Å². The van der Waals surface area contributed by atoms with Gasteiger partial charge in [0.2, 0.25) is 16.6 Å². The molecule has 3 N–H and O–H groups in total. The van der Waals surface area contributed by atoms with Gasteiger partial charge in [0, 0.05) is 92.6 Å². The van der Waals surface area contributed by atoms with E-state index < -0.39 is 92.2 Å². The van der Waals surface area contributed by atoms with E-state index in [1.165, 1.54) is 26.6 Å². The van der Waals surface area contributed by atoms with Gasteiger partial charge in [-0.1, -0.05) is 32.4 Å². The number of hydrogen-bond acceptors (Lipinski definition) is 18. The smallest absolute Gasteiger partial charge is 0.492 e. The number of esters is 1. The molecule has 13 rings (SSSR count). The molecule has 2 aliphatic heterocycles. The Balaban J connectivity index is 0.687. The fourth-order valence-corrected chi connectivity index (χ4v) is 16.8. The lowest BCUT2D eigenvalue weighted by atomic mass is 9.46. The number of Topliss-reactive ketones (excluding diaryl/α,β-unsaturated/α-hetero) is 1.